The minimum atomic E-state index is 0.525. The Hall–Kier alpha value is -1.82. The van der Waals surface area contributed by atoms with Gasteiger partial charge in [0.05, 0.1) is 13.7 Å². The number of rotatable bonds is 6. The van der Waals surface area contributed by atoms with Crippen molar-refractivity contribution in [2.24, 2.45) is 0 Å². The van der Waals surface area contributed by atoms with Gasteiger partial charge in [-0.15, -0.1) is 0 Å². The minimum absolute atomic E-state index is 0.525. The number of hydrogen-bond acceptors (Lipinski definition) is 5. The molecular weight excluding hydrogens is 310 g/mol. The number of ether oxygens (including phenoxy) is 2. The number of anilines is 1. The van der Waals surface area contributed by atoms with Crippen LogP contribution in [0.1, 0.15) is 0 Å². The molecule has 1 N–H and O–H groups in total. The summed E-state index contributed by atoms with van der Waals surface area (Å²) in [5.74, 6) is 1.88. The van der Waals surface area contributed by atoms with Crippen molar-refractivity contribution in [3.8, 4) is 11.6 Å². The van der Waals surface area contributed by atoms with E-state index < -0.39 is 0 Å². The number of halogens is 1. The highest BCUT2D eigenvalue weighted by Gasteiger charge is 1.99. The van der Waals surface area contributed by atoms with E-state index in [1.165, 1.54) is 0 Å². The molecule has 0 unspecified atom stereocenters. The van der Waals surface area contributed by atoms with Gasteiger partial charge in [-0.05, 0) is 18.2 Å². The molecule has 0 radical (unpaired) electrons. The Kier molecular flexibility index (Phi) is 4.97. The molecule has 0 aliphatic rings. The zero-order valence-electron chi connectivity index (χ0n) is 10.5. The van der Waals surface area contributed by atoms with Crippen molar-refractivity contribution >= 4 is 21.9 Å². The van der Waals surface area contributed by atoms with Gasteiger partial charge in [0.1, 0.15) is 12.4 Å². The first-order chi connectivity index (χ1) is 9.28. The van der Waals surface area contributed by atoms with Crippen LogP contribution in [-0.4, -0.2) is 30.2 Å². The molecule has 2 aromatic rings. The monoisotopic (exact) mass is 323 g/mol. The van der Waals surface area contributed by atoms with E-state index in [0.29, 0.717) is 25.0 Å². The maximum Gasteiger partial charge on any atom is 0.226 e. The molecule has 0 aliphatic carbocycles. The van der Waals surface area contributed by atoms with Gasteiger partial charge >= 0.3 is 0 Å². The van der Waals surface area contributed by atoms with E-state index in [-0.39, 0.29) is 0 Å². The molecule has 0 bridgehead atoms. The van der Waals surface area contributed by atoms with Gasteiger partial charge in [0.15, 0.2) is 0 Å². The van der Waals surface area contributed by atoms with Crippen LogP contribution in [0, 0.1) is 0 Å². The zero-order chi connectivity index (χ0) is 13.5. The first kappa shape index (κ1) is 13.6. The van der Waals surface area contributed by atoms with E-state index in [1.54, 1.807) is 19.4 Å². The lowest BCUT2D eigenvalue weighted by Crippen LogP contribution is -2.13. The molecule has 0 saturated carbocycles. The van der Waals surface area contributed by atoms with Crippen LogP contribution in [0.4, 0.5) is 5.95 Å². The fourth-order valence-electron chi connectivity index (χ4n) is 1.43. The summed E-state index contributed by atoms with van der Waals surface area (Å²) in [5.41, 5.74) is 0. The highest BCUT2D eigenvalue weighted by atomic mass is 79.9. The topological polar surface area (TPSA) is 56.3 Å². The van der Waals surface area contributed by atoms with Gasteiger partial charge in [0.2, 0.25) is 11.8 Å². The van der Waals surface area contributed by atoms with Gasteiger partial charge in [0.25, 0.3) is 0 Å². The van der Waals surface area contributed by atoms with Gasteiger partial charge in [-0.3, -0.25) is 0 Å². The standard InChI is InChI=1S/C13H14BrN3O2/c1-18-12-5-6-15-13(17-12)16-7-8-19-11-4-2-3-10(14)9-11/h2-6,9H,7-8H2,1H3,(H,15,16,17). The third-order valence-electron chi connectivity index (χ3n) is 2.29. The van der Waals surface area contributed by atoms with E-state index in [9.17, 15) is 0 Å². The van der Waals surface area contributed by atoms with Crippen LogP contribution in [0.5, 0.6) is 11.6 Å². The second kappa shape index (κ2) is 6.94. The quantitative estimate of drug-likeness (QED) is 0.828. The van der Waals surface area contributed by atoms with Crippen molar-refractivity contribution < 1.29 is 9.47 Å². The average molecular weight is 324 g/mol. The molecular formula is C13H14BrN3O2. The Morgan fingerprint density at radius 3 is 3.00 bits per heavy atom. The van der Waals surface area contributed by atoms with Gasteiger partial charge < -0.3 is 14.8 Å². The van der Waals surface area contributed by atoms with Crippen LogP contribution in [0.2, 0.25) is 0 Å². The molecule has 0 aliphatic heterocycles. The van der Waals surface area contributed by atoms with Crippen molar-refractivity contribution in [3.05, 3.63) is 41.0 Å². The van der Waals surface area contributed by atoms with E-state index in [1.807, 2.05) is 24.3 Å². The summed E-state index contributed by atoms with van der Waals surface area (Å²) in [6, 6.07) is 9.41. The summed E-state index contributed by atoms with van der Waals surface area (Å²) >= 11 is 3.39. The molecule has 1 aromatic carbocycles. The highest BCUT2D eigenvalue weighted by Crippen LogP contribution is 2.17. The molecule has 100 valence electrons. The number of nitrogens with one attached hydrogen (secondary N) is 1. The first-order valence-electron chi connectivity index (χ1n) is 5.77. The smallest absolute Gasteiger partial charge is 0.226 e. The summed E-state index contributed by atoms with van der Waals surface area (Å²) in [5, 5.41) is 3.07. The molecule has 1 heterocycles. The number of methoxy groups -OCH3 is 1. The SMILES string of the molecule is COc1ccnc(NCCOc2cccc(Br)c2)n1. The second-order valence-corrected chi connectivity index (χ2v) is 4.57. The summed E-state index contributed by atoms with van der Waals surface area (Å²) in [6.45, 7) is 1.14. The zero-order valence-corrected chi connectivity index (χ0v) is 12.1. The normalized spacial score (nSPS) is 10.0. The van der Waals surface area contributed by atoms with Gasteiger partial charge in [-0.1, -0.05) is 22.0 Å². The maximum absolute atomic E-state index is 5.59. The molecule has 2 rings (SSSR count). The number of benzene rings is 1. The Balaban J connectivity index is 1.77. The Bertz CT molecular complexity index is 537. The average Bonchev–Trinajstić information content (AvgIpc) is 2.44. The summed E-state index contributed by atoms with van der Waals surface area (Å²) in [4.78, 5) is 8.22. The van der Waals surface area contributed by atoms with Crippen LogP contribution in [0.3, 0.4) is 0 Å². The molecule has 0 saturated heterocycles. The van der Waals surface area contributed by atoms with Crippen molar-refractivity contribution in [2.75, 3.05) is 25.6 Å². The second-order valence-electron chi connectivity index (χ2n) is 3.66. The van der Waals surface area contributed by atoms with Crippen LogP contribution < -0.4 is 14.8 Å². The lowest BCUT2D eigenvalue weighted by atomic mass is 10.3. The van der Waals surface area contributed by atoms with Crippen LogP contribution in [-0.2, 0) is 0 Å². The third-order valence-corrected chi connectivity index (χ3v) is 2.78. The van der Waals surface area contributed by atoms with Crippen molar-refractivity contribution in [1.29, 1.82) is 0 Å². The lowest BCUT2D eigenvalue weighted by Gasteiger charge is -2.08. The van der Waals surface area contributed by atoms with Crippen molar-refractivity contribution in [2.45, 2.75) is 0 Å². The Morgan fingerprint density at radius 2 is 2.21 bits per heavy atom. The van der Waals surface area contributed by atoms with E-state index >= 15 is 0 Å². The predicted octanol–water partition coefficient (Wildman–Crippen LogP) is 2.74. The van der Waals surface area contributed by atoms with Crippen LogP contribution in [0.25, 0.3) is 0 Å². The molecule has 0 fully saturated rings. The fourth-order valence-corrected chi connectivity index (χ4v) is 1.81. The largest absolute Gasteiger partial charge is 0.492 e. The molecule has 0 atom stereocenters. The Morgan fingerprint density at radius 1 is 1.32 bits per heavy atom. The number of nitrogens with zero attached hydrogens (tertiary/aromatic N) is 2. The molecule has 6 heteroatoms. The first-order valence-corrected chi connectivity index (χ1v) is 6.56. The van der Waals surface area contributed by atoms with Gasteiger partial charge in [0, 0.05) is 16.7 Å². The lowest BCUT2D eigenvalue weighted by molar-refractivity contribution is 0.332. The summed E-state index contributed by atoms with van der Waals surface area (Å²) in [6.07, 6.45) is 1.64. The molecule has 19 heavy (non-hydrogen) atoms. The predicted molar refractivity (Wildman–Crippen MR) is 76.7 cm³/mol. The van der Waals surface area contributed by atoms with Crippen LogP contribution in [0.15, 0.2) is 41.0 Å². The highest BCUT2D eigenvalue weighted by molar-refractivity contribution is 9.10. The summed E-state index contributed by atoms with van der Waals surface area (Å²) < 4.78 is 11.6. The van der Waals surface area contributed by atoms with Crippen molar-refractivity contribution in [1.82, 2.24) is 9.97 Å². The van der Waals surface area contributed by atoms with E-state index in [2.05, 4.69) is 31.2 Å². The Labute approximate surface area is 120 Å². The number of aromatic nitrogens is 2. The number of hydrogen-bond donors (Lipinski definition) is 1. The molecule has 0 spiro atoms. The van der Waals surface area contributed by atoms with E-state index in [0.717, 1.165) is 10.2 Å². The van der Waals surface area contributed by atoms with Gasteiger partial charge in [-0.2, -0.15) is 4.98 Å². The summed E-state index contributed by atoms with van der Waals surface area (Å²) in [7, 11) is 1.57. The molecule has 1 aromatic heterocycles. The third kappa shape index (κ3) is 4.40. The van der Waals surface area contributed by atoms with E-state index in [4.69, 9.17) is 9.47 Å². The van der Waals surface area contributed by atoms with Crippen LogP contribution >= 0.6 is 15.9 Å². The van der Waals surface area contributed by atoms with Gasteiger partial charge in [-0.25, -0.2) is 4.98 Å². The molecule has 5 nitrogen and oxygen atoms in total. The van der Waals surface area contributed by atoms with Crippen molar-refractivity contribution in [3.63, 3.8) is 0 Å². The molecule has 0 amide bonds. The maximum atomic E-state index is 5.59. The minimum Gasteiger partial charge on any atom is -0.492 e. The fraction of sp³-hybridized carbons (Fsp3) is 0.231.